The minimum absolute atomic E-state index is 0.557. The summed E-state index contributed by atoms with van der Waals surface area (Å²) in [6.45, 7) is 10.3. The summed E-state index contributed by atoms with van der Waals surface area (Å²) in [7, 11) is 0. The molecule has 1 aromatic heterocycles. The molecule has 74 valence electrons. The summed E-state index contributed by atoms with van der Waals surface area (Å²) in [6.07, 6.45) is 1.94. The Bertz CT molecular complexity index is 265. The molecule has 0 unspecified atom stereocenters. The molecule has 3 heteroatoms. The summed E-state index contributed by atoms with van der Waals surface area (Å²) >= 11 is 0. The number of hydrogen-bond acceptors (Lipinski definition) is 2. The van der Waals surface area contributed by atoms with Crippen molar-refractivity contribution in [1.82, 2.24) is 15.1 Å². The third-order valence-electron chi connectivity index (χ3n) is 2.22. The summed E-state index contributed by atoms with van der Waals surface area (Å²) in [5.41, 5.74) is 2.63. The zero-order valence-corrected chi connectivity index (χ0v) is 8.96. The van der Waals surface area contributed by atoms with Gasteiger partial charge in [0.15, 0.2) is 0 Å². The first-order valence-electron chi connectivity index (χ1n) is 5.02. The van der Waals surface area contributed by atoms with E-state index in [4.69, 9.17) is 0 Å². The summed E-state index contributed by atoms with van der Waals surface area (Å²) < 4.78 is 2.09. The van der Waals surface area contributed by atoms with E-state index in [1.54, 1.807) is 0 Å². The van der Waals surface area contributed by atoms with Crippen LogP contribution in [0.15, 0.2) is 6.20 Å². The van der Waals surface area contributed by atoms with E-state index >= 15 is 0 Å². The third-order valence-corrected chi connectivity index (χ3v) is 2.22. The van der Waals surface area contributed by atoms with Gasteiger partial charge in [-0.05, 0) is 19.4 Å². The fourth-order valence-electron chi connectivity index (χ4n) is 1.49. The Morgan fingerprint density at radius 2 is 2.23 bits per heavy atom. The molecule has 1 atom stereocenters. The number of rotatable bonds is 0. The molecule has 0 spiro atoms. The SMILES string of the molecule is CC.Cc1cnn2c1CN[C@@H](C)C2. The highest BCUT2D eigenvalue weighted by Gasteiger charge is 2.15. The second-order valence-electron chi connectivity index (χ2n) is 3.24. The van der Waals surface area contributed by atoms with Gasteiger partial charge in [-0.2, -0.15) is 5.10 Å². The third kappa shape index (κ3) is 2.10. The molecule has 1 aromatic rings. The number of aromatic nitrogens is 2. The van der Waals surface area contributed by atoms with E-state index in [2.05, 4.69) is 28.9 Å². The summed E-state index contributed by atoms with van der Waals surface area (Å²) in [5.74, 6) is 0. The number of fused-ring (bicyclic) bond motifs is 1. The molecule has 0 bridgehead atoms. The first kappa shape index (κ1) is 10.3. The standard InChI is InChI=1S/C8H13N3.C2H6/c1-6-3-10-11-5-7(2)9-4-8(6)11;1-2/h3,7,9H,4-5H2,1-2H3;1-2H3/t7-;/m0./s1. The predicted octanol–water partition coefficient (Wildman–Crippen LogP) is 1.71. The second kappa shape index (κ2) is 4.42. The topological polar surface area (TPSA) is 29.9 Å². The van der Waals surface area contributed by atoms with Crippen molar-refractivity contribution in [3.8, 4) is 0 Å². The number of hydrogen-bond donors (Lipinski definition) is 1. The molecule has 1 aliphatic rings. The Hall–Kier alpha value is -0.830. The van der Waals surface area contributed by atoms with Crippen molar-refractivity contribution in [2.75, 3.05) is 0 Å². The lowest BCUT2D eigenvalue weighted by Crippen LogP contribution is -2.36. The zero-order chi connectivity index (χ0) is 9.84. The van der Waals surface area contributed by atoms with Gasteiger partial charge in [0.2, 0.25) is 0 Å². The normalized spacial score (nSPS) is 20.2. The lowest BCUT2D eigenvalue weighted by molar-refractivity contribution is 0.388. The summed E-state index contributed by atoms with van der Waals surface area (Å²) in [5, 5.41) is 7.69. The summed E-state index contributed by atoms with van der Waals surface area (Å²) in [4.78, 5) is 0. The van der Waals surface area contributed by atoms with Crippen LogP contribution in [0.25, 0.3) is 0 Å². The van der Waals surface area contributed by atoms with Crippen LogP contribution in [0.3, 0.4) is 0 Å². The number of aryl methyl sites for hydroxylation is 1. The fraction of sp³-hybridized carbons (Fsp3) is 0.700. The fourth-order valence-corrected chi connectivity index (χ4v) is 1.49. The highest BCUT2D eigenvalue weighted by Crippen LogP contribution is 2.11. The quantitative estimate of drug-likeness (QED) is 0.660. The van der Waals surface area contributed by atoms with Crippen LogP contribution < -0.4 is 5.32 Å². The maximum absolute atomic E-state index is 4.28. The lowest BCUT2D eigenvalue weighted by Gasteiger charge is -2.21. The molecule has 0 radical (unpaired) electrons. The molecular formula is C10H19N3. The minimum atomic E-state index is 0.557. The van der Waals surface area contributed by atoms with Crippen LogP contribution in [0.4, 0.5) is 0 Å². The van der Waals surface area contributed by atoms with Gasteiger partial charge >= 0.3 is 0 Å². The van der Waals surface area contributed by atoms with Gasteiger partial charge < -0.3 is 5.32 Å². The van der Waals surface area contributed by atoms with E-state index in [0.29, 0.717) is 6.04 Å². The van der Waals surface area contributed by atoms with Crippen molar-refractivity contribution in [1.29, 1.82) is 0 Å². The Balaban J connectivity index is 0.000000396. The molecule has 0 amide bonds. The molecule has 0 saturated carbocycles. The van der Waals surface area contributed by atoms with Crippen LogP contribution in [0.5, 0.6) is 0 Å². The average molecular weight is 181 g/mol. The Labute approximate surface area is 80.1 Å². The minimum Gasteiger partial charge on any atom is -0.307 e. The van der Waals surface area contributed by atoms with E-state index in [9.17, 15) is 0 Å². The van der Waals surface area contributed by atoms with Gasteiger partial charge in [-0.15, -0.1) is 0 Å². The van der Waals surface area contributed by atoms with E-state index in [1.165, 1.54) is 11.3 Å². The largest absolute Gasteiger partial charge is 0.307 e. The van der Waals surface area contributed by atoms with E-state index < -0.39 is 0 Å². The molecule has 2 rings (SSSR count). The average Bonchev–Trinajstić information content (AvgIpc) is 2.51. The van der Waals surface area contributed by atoms with E-state index in [0.717, 1.165) is 13.1 Å². The highest BCUT2D eigenvalue weighted by atomic mass is 15.3. The van der Waals surface area contributed by atoms with Gasteiger partial charge in [-0.1, -0.05) is 13.8 Å². The number of nitrogens with one attached hydrogen (secondary N) is 1. The summed E-state index contributed by atoms with van der Waals surface area (Å²) in [6, 6.07) is 0.557. The van der Waals surface area contributed by atoms with Crippen LogP contribution >= 0.6 is 0 Å². The molecule has 0 aliphatic carbocycles. The monoisotopic (exact) mass is 181 g/mol. The maximum atomic E-state index is 4.28. The molecule has 0 fully saturated rings. The van der Waals surface area contributed by atoms with Crippen molar-refractivity contribution in [2.45, 2.75) is 46.8 Å². The van der Waals surface area contributed by atoms with Gasteiger partial charge in [0.05, 0.1) is 18.4 Å². The highest BCUT2D eigenvalue weighted by molar-refractivity contribution is 5.16. The second-order valence-corrected chi connectivity index (χ2v) is 3.24. The van der Waals surface area contributed by atoms with Crippen LogP contribution in [0, 0.1) is 6.92 Å². The van der Waals surface area contributed by atoms with Crippen LogP contribution in [0.1, 0.15) is 32.0 Å². The van der Waals surface area contributed by atoms with E-state index in [1.807, 2.05) is 20.0 Å². The van der Waals surface area contributed by atoms with Gasteiger partial charge in [0, 0.05) is 12.6 Å². The molecule has 13 heavy (non-hydrogen) atoms. The Morgan fingerprint density at radius 3 is 2.92 bits per heavy atom. The first-order valence-corrected chi connectivity index (χ1v) is 5.02. The van der Waals surface area contributed by atoms with Gasteiger partial charge in [0.1, 0.15) is 0 Å². The van der Waals surface area contributed by atoms with Gasteiger partial charge in [-0.3, -0.25) is 4.68 Å². The Kier molecular flexibility index (Phi) is 3.48. The molecule has 0 aromatic carbocycles. The molecule has 2 heterocycles. The molecule has 0 saturated heterocycles. The van der Waals surface area contributed by atoms with Crippen molar-refractivity contribution in [2.24, 2.45) is 0 Å². The number of nitrogens with zero attached hydrogens (tertiary/aromatic N) is 2. The van der Waals surface area contributed by atoms with Crippen LogP contribution in [0.2, 0.25) is 0 Å². The molecule has 3 nitrogen and oxygen atoms in total. The zero-order valence-electron chi connectivity index (χ0n) is 8.96. The smallest absolute Gasteiger partial charge is 0.0563 e. The first-order chi connectivity index (χ1) is 6.27. The van der Waals surface area contributed by atoms with Crippen molar-refractivity contribution in [3.05, 3.63) is 17.5 Å². The lowest BCUT2D eigenvalue weighted by atomic mass is 10.2. The van der Waals surface area contributed by atoms with Crippen LogP contribution in [-0.2, 0) is 13.1 Å². The van der Waals surface area contributed by atoms with Crippen molar-refractivity contribution >= 4 is 0 Å². The van der Waals surface area contributed by atoms with Crippen molar-refractivity contribution in [3.63, 3.8) is 0 Å². The Morgan fingerprint density at radius 1 is 1.54 bits per heavy atom. The van der Waals surface area contributed by atoms with Gasteiger partial charge in [0.25, 0.3) is 0 Å². The predicted molar refractivity (Wildman–Crippen MR) is 54.6 cm³/mol. The molecule has 1 N–H and O–H groups in total. The maximum Gasteiger partial charge on any atom is 0.0563 e. The van der Waals surface area contributed by atoms with E-state index in [-0.39, 0.29) is 0 Å². The van der Waals surface area contributed by atoms with Gasteiger partial charge in [-0.25, -0.2) is 0 Å². The van der Waals surface area contributed by atoms with Crippen molar-refractivity contribution < 1.29 is 0 Å². The van der Waals surface area contributed by atoms with Crippen LogP contribution in [-0.4, -0.2) is 15.8 Å². The molecule has 1 aliphatic heterocycles. The molecular weight excluding hydrogens is 162 g/mol.